The van der Waals surface area contributed by atoms with Crippen LogP contribution in [-0.2, 0) is 33.2 Å². The zero-order valence-corrected chi connectivity index (χ0v) is 37.2. The molecular weight excluding hydrogens is 769 g/mol. The number of hydrogen-bond acceptors (Lipinski definition) is 9. The second-order valence-corrected chi connectivity index (χ2v) is 22.6. The predicted octanol–water partition coefficient (Wildman–Crippen LogP) is 9.93. The second-order valence-electron chi connectivity index (χ2n) is 22.6. The van der Waals surface area contributed by atoms with Gasteiger partial charge in [0.05, 0.1) is 48.8 Å². The molecule has 0 radical (unpaired) electrons. The maximum Gasteiger partial charge on any atom is 0.147 e. The van der Waals surface area contributed by atoms with Crippen LogP contribution in [0.2, 0.25) is 0 Å². The third-order valence-corrected chi connectivity index (χ3v) is 19.5. The summed E-state index contributed by atoms with van der Waals surface area (Å²) in [5.41, 5.74) is 4.69. The zero-order valence-electron chi connectivity index (χ0n) is 37.2. The van der Waals surface area contributed by atoms with Gasteiger partial charge >= 0.3 is 0 Å². The minimum absolute atomic E-state index is 0. The van der Waals surface area contributed by atoms with Crippen LogP contribution >= 0.6 is 0 Å². The van der Waals surface area contributed by atoms with E-state index in [0.29, 0.717) is 85.0 Å². The Morgan fingerprint density at radius 2 is 0.918 bits per heavy atom. The Balaban J connectivity index is 0.000000116. The van der Waals surface area contributed by atoms with Crippen LogP contribution in [0, 0.1) is 51.8 Å². The van der Waals surface area contributed by atoms with E-state index in [1.807, 2.05) is 0 Å². The van der Waals surface area contributed by atoms with Gasteiger partial charge in [-0.2, -0.15) is 0 Å². The van der Waals surface area contributed by atoms with E-state index in [2.05, 4.69) is 39.0 Å². The summed E-state index contributed by atoms with van der Waals surface area (Å²) in [6, 6.07) is 0. The van der Waals surface area contributed by atoms with Crippen molar-refractivity contribution in [2.24, 2.45) is 51.8 Å². The molecule has 9 heteroatoms. The molecule has 0 aromatic rings. The van der Waals surface area contributed by atoms with Crippen LogP contribution in [0.1, 0.15) is 163 Å². The fourth-order valence-electron chi connectivity index (χ4n) is 17.0. The Morgan fingerprint density at radius 1 is 0.525 bits per heavy atom. The number of aliphatic hydroxyl groups is 2. The van der Waals surface area contributed by atoms with E-state index in [0.717, 1.165) is 71.0 Å². The molecule has 3 heterocycles. The van der Waals surface area contributed by atoms with E-state index in [4.69, 9.17) is 28.4 Å². The van der Waals surface area contributed by atoms with Gasteiger partial charge in [-0.3, -0.25) is 4.79 Å². The molecule has 12 rings (SSSR count). The SMILES string of the molecule is C.C/C1=C/CC23CCCC(C(=O)C1)C2C1(CC3)COCO1.C/C1=C/CC23CCCC(C2C2(CC3)COCO2)[C@@H](O)C1.C/C1=C/CC23CCCC(C2C2(CC3)COCO2)[C@H](O)C1. The first-order valence-corrected chi connectivity index (χ1v) is 24.5. The smallest absolute Gasteiger partial charge is 0.147 e. The molecule has 9 aliphatic carbocycles. The Morgan fingerprint density at radius 3 is 1.34 bits per heavy atom. The van der Waals surface area contributed by atoms with E-state index in [1.165, 1.54) is 87.3 Å². The molecule has 6 bridgehead atoms. The monoisotopic (exact) mass is 849 g/mol. The first kappa shape index (κ1) is 44.8. The average molecular weight is 849 g/mol. The minimum Gasteiger partial charge on any atom is -0.392 e. The van der Waals surface area contributed by atoms with Gasteiger partial charge < -0.3 is 38.6 Å². The Bertz CT molecular complexity index is 1620. The summed E-state index contributed by atoms with van der Waals surface area (Å²) in [4.78, 5) is 12.7. The van der Waals surface area contributed by atoms with Crippen LogP contribution in [0.15, 0.2) is 34.9 Å². The van der Waals surface area contributed by atoms with Gasteiger partial charge in [0.2, 0.25) is 0 Å². The quantitative estimate of drug-likeness (QED) is 0.230. The van der Waals surface area contributed by atoms with Crippen LogP contribution in [0.4, 0.5) is 0 Å². The van der Waals surface area contributed by atoms with Crippen molar-refractivity contribution in [3.8, 4) is 0 Å². The molecule has 14 atom stereocenters. The van der Waals surface area contributed by atoms with E-state index in [-0.39, 0.29) is 42.4 Å². The van der Waals surface area contributed by atoms with Crippen molar-refractivity contribution in [3.63, 3.8) is 0 Å². The summed E-state index contributed by atoms with van der Waals surface area (Å²) in [6.45, 7) is 9.97. The van der Waals surface area contributed by atoms with Gasteiger partial charge in [-0.05, 0) is 158 Å². The molecule has 0 amide bonds. The molecule has 61 heavy (non-hydrogen) atoms. The summed E-state index contributed by atoms with van der Waals surface area (Å²) in [7, 11) is 0. The third kappa shape index (κ3) is 7.55. The van der Waals surface area contributed by atoms with Gasteiger partial charge in [0, 0.05) is 30.1 Å². The van der Waals surface area contributed by atoms with Gasteiger partial charge in [0.15, 0.2) is 0 Å². The Hall–Kier alpha value is -1.43. The molecule has 12 unspecified atom stereocenters. The van der Waals surface area contributed by atoms with Crippen molar-refractivity contribution in [2.75, 3.05) is 40.2 Å². The maximum absolute atomic E-state index is 12.7. The topological polar surface area (TPSA) is 113 Å². The first-order chi connectivity index (χ1) is 29.0. The molecular formula is C52H80O9. The van der Waals surface area contributed by atoms with E-state index in [9.17, 15) is 15.0 Å². The molecule has 2 N–H and O–H groups in total. The van der Waals surface area contributed by atoms with Gasteiger partial charge in [-0.1, -0.05) is 61.6 Å². The van der Waals surface area contributed by atoms with Gasteiger partial charge in [0.1, 0.15) is 26.2 Å². The average Bonchev–Trinajstić information content (AvgIpc) is 4.12. The van der Waals surface area contributed by atoms with E-state index < -0.39 is 0 Å². The number of ether oxygens (including phenoxy) is 6. The minimum atomic E-state index is -0.199. The van der Waals surface area contributed by atoms with Crippen molar-refractivity contribution in [2.45, 2.75) is 192 Å². The van der Waals surface area contributed by atoms with Crippen LogP contribution in [0.25, 0.3) is 0 Å². The highest BCUT2D eigenvalue weighted by Crippen LogP contribution is 2.67. The van der Waals surface area contributed by atoms with Crippen molar-refractivity contribution in [3.05, 3.63) is 34.9 Å². The van der Waals surface area contributed by atoms with Crippen molar-refractivity contribution < 1.29 is 43.4 Å². The fraction of sp³-hybridized carbons (Fsp3) is 0.865. The van der Waals surface area contributed by atoms with Gasteiger partial charge in [-0.15, -0.1) is 0 Å². The molecule has 0 aromatic carbocycles. The lowest BCUT2D eigenvalue weighted by Crippen LogP contribution is -2.52. The molecule has 0 aromatic heterocycles. The van der Waals surface area contributed by atoms with Crippen molar-refractivity contribution >= 4 is 5.78 Å². The number of allylic oxidation sites excluding steroid dienone is 4. The first-order valence-electron chi connectivity index (χ1n) is 24.5. The Kier molecular flexibility index (Phi) is 12.5. The number of carbonyl (C=O) groups excluding carboxylic acids is 1. The van der Waals surface area contributed by atoms with Crippen LogP contribution < -0.4 is 0 Å². The fourth-order valence-corrected chi connectivity index (χ4v) is 17.0. The highest BCUT2D eigenvalue weighted by atomic mass is 16.7. The maximum atomic E-state index is 12.7. The molecule has 3 saturated heterocycles. The van der Waals surface area contributed by atoms with Crippen LogP contribution in [0.5, 0.6) is 0 Å². The molecule has 12 aliphatic rings. The highest BCUT2D eigenvalue weighted by Gasteiger charge is 2.66. The van der Waals surface area contributed by atoms with E-state index in [1.54, 1.807) is 0 Å². The number of ketones is 1. The summed E-state index contributed by atoms with van der Waals surface area (Å²) in [5.74, 6) is 2.83. The lowest BCUT2D eigenvalue weighted by molar-refractivity contribution is -0.137. The number of carbonyl (C=O) groups is 1. The Labute approximate surface area is 367 Å². The molecule has 3 aliphatic heterocycles. The number of hydrogen-bond donors (Lipinski definition) is 2. The second kappa shape index (κ2) is 17.1. The summed E-state index contributed by atoms with van der Waals surface area (Å²) >= 11 is 0. The standard InChI is InChI=1S/2C17H26O3.C17H24O3.CH4/c3*1-12-4-6-16-5-2-3-13(14(18)9-12)15(16)17(8-7-16)10-19-11-20-17;/h2*4,13-15,18H,2-3,5-11H2,1H3;4,13,15H,2-3,5-11H2,1H3;1H4/b3*12-4-;/t2*13?,14-,15?,16?,17?;;/m10../s1. The summed E-state index contributed by atoms with van der Waals surface area (Å²) < 4.78 is 35.1. The van der Waals surface area contributed by atoms with Crippen LogP contribution in [0.3, 0.4) is 0 Å². The molecule has 342 valence electrons. The number of Topliss-reactive ketones (excluding diaryl/α,β-unsaturated/α-hetero) is 1. The normalized spacial score (nSPS) is 52.0. The zero-order chi connectivity index (χ0) is 41.4. The van der Waals surface area contributed by atoms with E-state index >= 15 is 0 Å². The van der Waals surface area contributed by atoms with Crippen molar-refractivity contribution in [1.82, 2.24) is 0 Å². The molecule has 9 nitrogen and oxygen atoms in total. The molecule has 6 saturated carbocycles. The summed E-state index contributed by atoms with van der Waals surface area (Å²) in [5, 5.41) is 21.5. The largest absolute Gasteiger partial charge is 0.392 e. The summed E-state index contributed by atoms with van der Waals surface area (Å²) in [6.07, 6.45) is 30.5. The lowest BCUT2D eigenvalue weighted by atomic mass is 9.56. The third-order valence-electron chi connectivity index (χ3n) is 19.5. The number of rotatable bonds is 0. The van der Waals surface area contributed by atoms with Crippen molar-refractivity contribution in [1.29, 1.82) is 0 Å². The lowest BCUT2D eigenvalue weighted by Gasteiger charge is -2.50. The predicted molar refractivity (Wildman–Crippen MR) is 234 cm³/mol. The van der Waals surface area contributed by atoms with Gasteiger partial charge in [0.25, 0.3) is 0 Å². The number of aliphatic hydroxyl groups excluding tert-OH is 2. The molecule has 3 spiro atoms. The van der Waals surface area contributed by atoms with Crippen LogP contribution in [-0.4, -0.2) is 85.2 Å². The van der Waals surface area contributed by atoms with Gasteiger partial charge in [-0.25, -0.2) is 0 Å². The molecule has 9 fully saturated rings. The highest BCUT2D eigenvalue weighted by molar-refractivity contribution is 5.84.